The van der Waals surface area contributed by atoms with E-state index in [1.807, 2.05) is 0 Å². The van der Waals surface area contributed by atoms with Crippen molar-refractivity contribution in [2.75, 3.05) is 0 Å². The Labute approximate surface area is 134 Å². The van der Waals surface area contributed by atoms with Crippen LogP contribution >= 0.6 is 31.9 Å². The second kappa shape index (κ2) is 5.63. The summed E-state index contributed by atoms with van der Waals surface area (Å²) in [5.74, 6) is -14.7. The zero-order valence-electron chi connectivity index (χ0n) is 9.93. The van der Waals surface area contributed by atoms with Crippen LogP contribution in [0.15, 0.2) is 23.5 Å². The molecule has 0 spiro atoms. The van der Waals surface area contributed by atoms with E-state index in [-0.39, 0.29) is 6.07 Å². The van der Waals surface area contributed by atoms with Crippen molar-refractivity contribution in [3.63, 3.8) is 0 Å². The van der Waals surface area contributed by atoms with E-state index in [2.05, 4.69) is 31.9 Å². The summed E-state index contributed by atoms with van der Waals surface area (Å²) in [6.45, 7) is 0. The third-order valence-corrected chi connectivity index (χ3v) is 4.35. The minimum absolute atomic E-state index is 0.209. The van der Waals surface area contributed by atoms with Gasteiger partial charge in [-0.15, -0.1) is 0 Å². The first kappa shape index (κ1) is 17.5. The fraction of sp³-hybridized carbons (Fsp3) is 0.167. The van der Waals surface area contributed by atoms with E-state index in [0.717, 1.165) is 0 Å². The van der Waals surface area contributed by atoms with Gasteiger partial charge >= 0.3 is 0 Å². The van der Waals surface area contributed by atoms with Gasteiger partial charge in [0.15, 0.2) is 44.3 Å². The van der Waals surface area contributed by atoms with E-state index in [4.69, 9.17) is 0 Å². The molecule has 0 saturated heterocycles. The van der Waals surface area contributed by atoms with Crippen molar-refractivity contribution in [1.29, 1.82) is 0 Å². The highest BCUT2D eigenvalue weighted by molar-refractivity contribution is 9.25. The molecule has 1 aliphatic rings. The quantitative estimate of drug-likeness (QED) is 0.279. The van der Waals surface area contributed by atoms with Crippen LogP contribution < -0.4 is 0 Å². The molecule has 1 aliphatic carbocycles. The summed E-state index contributed by atoms with van der Waals surface area (Å²) < 4.78 is 106. The molecular weight excluding hydrogens is 456 g/mol. The average Bonchev–Trinajstić information content (AvgIpc) is 2.45. The van der Waals surface area contributed by atoms with E-state index >= 15 is 0 Å². The molecule has 0 aliphatic heterocycles. The zero-order valence-corrected chi connectivity index (χ0v) is 13.1. The van der Waals surface area contributed by atoms with E-state index in [1.54, 1.807) is 0 Å². The normalized spacial score (nSPS) is 21.6. The first-order valence-corrected chi connectivity index (χ1v) is 6.91. The second-order valence-corrected chi connectivity index (χ2v) is 7.75. The lowest BCUT2D eigenvalue weighted by Gasteiger charge is -2.28. The Bertz CT molecular complexity index is 696. The maximum Gasteiger partial charge on any atom is 0.184 e. The van der Waals surface area contributed by atoms with Crippen molar-refractivity contribution in [2.24, 2.45) is 0 Å². The van der Waals surface area contributed by atoms with Gasteiger partial charge in [-0.1, -0.05) is 31.9 Å². The van der Waals surface area contributed by atoms with E-state index in [0.29, 0.717) is 0 Å². The minimum Gasteiger partial charge on any atom is -0.237 e. The Morgan fingerprint density at radius 3 is 1.77 bits per heavy atom. The van der Waals surface area contributed by atoms with Gasteiger partial charge in [0.05, 0.1) is 11.1 Å². The summed E-state index contributed by atoms with van der Waals surface area (Å²) in [4.78, 5) is 0. The van der Waals surface area contributed by atoms with E-state index < -0.39 is 61.3 Å². The average molecular weight is 458 g/mol. The number of hydrogen-bond acceptors (Lipinski definition) is 0. The highest BCUT2D eigenvalue weighted by atomic mass is 79.9. The molecule has 0 radical (unpaired) electrons. The van der Waals surface area contributed by atoms with Crippen molar-refractivity contribution in [3.8, 4) is 0 Å². The molecule has 0 aromatic heterocycles. The molecule has 22 heavy (non-hydrogen) atoms. The largest absolute Gasteiger partial charge is 0.237 e. The Kier molecular flexibility index (Phi) is 4.46. The summed E-state index contributed by atoms with van der Waals surface area (Å²) in [5, 5.41) is 0. The highest BCUT2D eigenvalue weighted by Gasteiger charge is 2.50. The molecule has 0 heterocycles. The monoisotopic (exact) mass is 456 g/mol. The number of halogens is 10. The van der Waals surface area contributed by atoms with Crippen LogP contribution in [0.1, 0.15) is 5.56 Å². The van der Waals surface area contributed by atoms with Crippen LogP contribution in [-0.4, -0.2) is 9.41 Å². The lowest BCUT2D eigenvalue weighted by molar-refractivity contribution is 0.296. The molecule has 0 saturated carbocycles. The molecular formula is C12H2Br2F8. The van der Waals surface area contributed by atoms with Crippen LogP contribution in [0.25, 0.3) is 5.57 Å². The predicted octanol–water partition coefficient (Wildman–Crippen LogP) is 5.91. The lowest BCUT2D eigenvalue weighted by atomic mass is 9.94. The van der Waals surface area contributed by atoms with Gasteiger partial charge in [0.1, 0.15) is 5.83 Å². The minimum atomic E-state index is -2.95. The van der Waals surface area contributed by atoms with Crippen molar-refractivity contribution < 1.29 is 35.1 Å². The number of rotatable bonds is 1. The van der Waals surface area contributed by atoms with Gasteiger partial charge in [-0.2, -0.15) is 0 Å². The first-order valence-electron chi connectivity index (χ1n) is 5.32. The van der Waals surface area contributed by atoms with Crippen LogP contribution in [-0.2, 0) is 0 Å². The lowest BCUT2D eigenvalue weighted by Crippen LogP contribution is -2.32. The van der Waals surface area contributed by atoms with Gasteiger partial charge < -0.3 is 0 Å². The van der Waals surface area contributed by atoms with Crippen molar-refractivity contribution in [3.05, 3.63) is 52.4 Å². The van der Waals surface area contributed by atoms with Gasteiger partial charge in [-0.25, -0.2) is 35.1 Å². The van der Waals surface area contributed by atoms with Gasteiger partial charge in [-0.3, -0.25) is 0 Å². The van der Waals surface area contributed by atoms with Gasteiger partial charge in [-0.05, 0) is 0 Å². The smallest absolute Gasteiger partial charge is 0.184 e. The Hall–Kier alpha value is -0.900. The standard InChI is InChI=1S/C12H2Br2F8/c13-12(14)10(21)8(19)5(9(20)11(12)22)4-6(17)2(15)1-3(16)7(4)18/h1,10H. The Balaban J connectivity index is 2.87. The number of alkyl halides is 3. The molecule has 1 aromatic carbocycles. The summed E-state index contributed by atoms with van der Waals surface area (Å²) in [6.07, 6.45) is -2.95. The maximum atomic E-state index is 13.9. The zero-order chi connectivity index (χ0) is 17.0. The summed E-state index contributed by atoms with van der Waals surface area (Å²) >= 11 is 4.66. The van der Waals surface area contributed by atoms with Gasteiger partial charge in [0.2, 0.25) is 0 Å². The Morgan fingerprint density at radius 2 is 1.32 bits per heavy atom. The maximum absolute atomic E-state index is 13.9. The molecule has 0 fully saturated rings. The SMILES string of the molecule is FC1=C(F)C(Br)(Br)C(F)C(F)=C1c1c(F)c(F)cc(F)c1F. The Morgan fingerprint density at radius 1 is 0.864 bits per heavy atom. The van der Waals surface area contributed by atoms with Crippen LogP contribution in [0.5, 0.6) is 0 Å². The summed E-state index contributed by atoms with van der Waals surface area (Å²) in [7, 11) is 0. The molecule has 1 atom stereocenters. The summed E-state index contributed by atoms with van der Waals surface area (Å²) in [6, 6.07) is -0.209. The van der Waals surface area contributed by atoms with Crippen molar-refractivity contribution in [1.82, 2.24) is 0 Å². The van der Waals surface area contributed by atoms with Crippen LogP contribution in [0, 0.1) is 23.3 Å². The van der Waals surface area contributed by atoms with Crippen molar-refractivity contribution in [2.45, 2.75) is 9.41 Å². The number of benzene rings is 1. The second-order valence-electron chi connectivity index (χ2n) is 4.18. The fourth-order valence-electron chi connectivity index (χ4n) is 1.78. The van der Waals surface area contributed by atoms with Crippen molar-refractivity contribution >= 4 is 37.4 Å². The molecule has 0 nitrogen and oxygen atoms in total. The molecule has 1 aromatic rings. The third-order valence-electron chi connectivity index (χ3n) is 2.85. The van der Waals surface area contributed by atoms with Gasteiger partial charge in [0.25, 0.3) is 0 Å². The summed E-state index contributed by atoms with van der Waals surface area (Å²) in [5.41, 5.74) is -3.74. The molecule has 1 unspecified atom stereocenters. The van der Waals surface area contributed by atoms with E-state index in [1.165, 1.54) is 0 Å². The topological polar surface area (TPSA) is 0 Å². The molecule has 0 bridgehead atoms. The van der Waals surface area contributed by atoms with Crippen LogP contribution in [0.2, 0.25) is 0 Å². The predicted molar refractivity (Wildman–Crippen MR) is 69.0 cm³/mol. The van der Waals surface area contributed by atoms with Crippen LogP contribution in [0.4, 0.5) is 35.1 Å². The first-order chi connectivity index (χ1) is 10.0. The third kappa shape index (κ3) is 2.40. The molecule has 0 amide bonds. The van der Waals surface area contributed by atoms with Gasteiger partial charge in [0, 0.05) is 6.07 Å². The van der Waals surface area contributed by atoms with Crippen LogP contribution in [0.3, 0.4) is 0 Å². The fourth-order valence-corrected chi connectivity index (χ4v) is 2.53. The molecule has 120 valence electrons. The molecule has 2 rings (SSSR count). The van der Waals surface area contributed by atoms with E-state index in [9.17, 15) is 35.1 Å². The number of allylic oxidation sites excluding steroid dienone is 4. The number of hydrogen-bond donors (Lipinski definition) is 0. The highest BCUT2D eigenvalue weighted by Crippen LogP contribution is 2.53. The molecule has 0 N–H and O–H groups in total. The molecule has 10 heteroatoms.